The van der Waals surface area contributed by atoms with Crippen molar-refractivity contribution in [2.75, 3.05) is 43.6 Å². The van der Waals surface area contributed by atoms with E-state index in [0.717, 1.165) is 57.5 Å². The number of nitrogens with zero attached hydrogens (tertiary/aromatic N) is 2. The van der Waals surface area contributed by atoms with E-state index in [4.69, 9.17) is 21.3 Å². The highest BCUT2D eigenvalue weighted by atomic mass is 35.5. The summed E-state index contributed by atoms with van der Waals surface area (Å²) in [7, 11) is 1.71. The summed E-state index contributed by atoms with van der Waals surface area (Å²) in [5, 5.41) is 6.63. The topological polar surface area (TPSA) is 37.4 Å². The van der Waals surface area contributed by atoms with Crippen molar-refractivity contribution in [3.05, 3.63) is 41.4 Å². The van der Waals surface area contributed by atoms with Crippen LogP contribution in [0.25, 0.3) is 21.8 Å². The summed E-state index contributed by atoms with van der Waals surface area (Å²) in [6.45, 7) is 3.58. The number of methoxy groups -OCH3 is 1. The number of anilines is 1. The first-order valence-corrected chi connectivity index (χ1v) is 13.4. The fourth-order valence-corrected chi connectivity index (χ4v) is 6.74. The van der Waals surface area contributed by atoms with E-state index < -0.39 is 0 Å². The summed E-state index contributed by atoms with van der Waals surface area (Å²) in [5.41, 5.74) is 3.00. The van der Waals surface area contributed by atoms with Gasteiger partial charge in [0.2, 0.25) is 0 Å². The average molecular weight is 470 g/mol. The Kier molecular flexibility index (Phi) is 6.96. The van der Waals surface area contributed by atoms with Crippen LogP contribution in [0.3, 0.4) is 0 Å². The van der Waals surface area contributed by atoms with Crippen molar-refractivity contribution in [2.45, 2.75) is 38.1 Å². The maximum Gasteiger partial charge on any atom is 0.119 e. The molecule has 2 atom stereocenters. The van der Waals surface area contributed by atoms with Gasteiger partial charge >= 0.3 is 0 Å². The predicted octanol–water partition coefficient (Wildman–Crippen LogP) is 6.46. The van der Waals surface area contributed by atoms with E-state index in [9.17, 15) is 0 Å². The third kappa shape index (κ3) is 4.66. The number of nitrogens with one attached hydrogen (secondary N) is 1. The average Bonchev–Trinajstić information content (AvgIpc) is 2.83. The van der Waals surface area contributed by atoms with Crippen LogP contribution in [0.15, 0.2) is 36.4 Å². The molecule has 2 saturated heterocycles. The predicted molar refractivity (Wildman–Crippen MR) is 139 cm³/mol. The Morgan fingerprint density at radius 2 is 1.97 bits per heavy atom. The zero-order chi connectivity index (χ0) is 21.9. The van der Waals surface area contributed by atoms with Crippen molar-refractivity contribution in [1.82, 2.24) is 9.88 Å². The molecule has 4 nitrogen and oxygen atoms in total. The monoisotopic (exact) mass is 469 g/mol. The molecule has 2 aliphatic rings. The standard InChI is InChI=1S/C26H32ClN3OS/c1-31-20-8-10-23-22(16-20)26(21-9-7-19(27)15-24(21)29-23)28-11-14-32-17-18-5-4-13-30-12-3-2-6-25(18)30/h7-10,15-16,18,25H,2-6,11-14,17H2,1H3,(H,28,29)/t18-,25-/m1/s1. The molecule has 6 heteroatoms. The molecule has 3 heterocycles. The number of piperidine rings is 2. The summed E-state index contributed by atoms with van der Waals surface area (Å²) in [6, 6.07) is 12.8. The number of aromatic nitrogens is 1. The van der Waals surface area contributed by atoms with Crippen LogP contribution in [0, 0.1) is 5.92 Å². The minimum atomic E-state index is 0.712. The summed E-state index contributed by atoms with van der Waals surface area (Å²) < 4.78 is 5.48. The van der Waals surface area contributed by atoms with E-state index in [1.54, 1.807) is 7.11 Å². The maximum absolute atomic E-state index is 6.25. The Morgan fingerprint density at radius 3 is 2.88 bits per heavy atom. The Balaban J connectivity index is 1.28. The van der Waals surface area contributed by atoms with E-state index in [1.165, 1.54) is 50.9 Å². The smallest absolute Gasteiger partial charge is 0.119 e. The molecule has 0 spiro atoms. The van der Waals surface area contributed by atoms with E-state index in [1.807, 2.05) is 24.3 Å². The number of benzene rings is 2. The quantitative estimate of drug-likeness (QED) is 0.317. The number of fused-ring (bicyclic) bond motifs is 3. The molecule has 0 unspecified atom stereocenters. The molecule has 0 saturated carbocycles. The summed E-state index contributed by atoms with van der Waals surface area (Å²) in [5.74, 6) is 4.10. The highest BCUT2D eigenvalue weighted by Crippen LogP contribution is 2.35. The maximum atomic E-state index is 6.25. The molecule has 1 N–H and O–H groups in total. The van der Waals surface area contributed by atoms with Crippen molar-refractivity contribution >= 4 is 50.9 Å². The molecule has 2 fully saturated rings. The van der Waals surface area contributed by atoms with E-state index in [0.29, 0.717) is 5.02 Å². The van der Waals surface area contributed by atoms with Gasteiger partial charge in [-0.2, -0.15) is 11.8 Å². The van der Waals surface area contributed by atoms with Gasteiger partial charge in [-0.15, -0.1) is 0 Å². The van der Waals surface area contributed by atoms with Crippen LogP contribution < -0.4 is 10.1 Å². The van der Waals surface area contributed by atoms with Crippen molar-refractivity contribution in [2.24, 2.45) is 5.92 Å². The number of ether oxygens (including phenoxy) is 1. The highest BCUT2D eigenvalue weighted by Gasteiger charge is 2.32. The number of hydrogen-bond acceptors (Lipinski definition) is 5. The van der Waals surface area contributed by atoms with Crippen molar-refractivity contribution < 1.29 is 4.74 Å². The molecule has 32 heavy (non-hydrogen) atoms. The zero-order valence-electron chi connectivity index (χ0n) is 18.8. The summed E-state index contributed by atoms with van der Waals surface area (Å²) in [4.78, 5) is 7.60. The Bertz CT molecular complexity index is 1090. The van der Waals surface area contributed by atoms with Gasteiger partial charge in [0.25, 0.3) is 0 Å². The van der Waals surface area contributed by atoms with Crippen LogP contribution in [0.4, 0.5) is 5.69 Å². The molecule has 2 aliphatic heterocycles. The first-order valence-electron chi connectivity index (χ1n) is 11.9. The van der Waals surface area contributed by atoms with Crippen molar-refractivity contribution in [3.63, 3.8) is 0 Å². The molecule has 0 aliphatic carbocycles. The van der Waals surface area contributed by atoms with Crippen LogP contribution >= 0.6 is 23.4 Å². The van der Waals surface area contributed by atoms with E-state index in [-0.39, 0.29) is 0 Å². The first kappa shape index (κ1) is 22.1. The molecule has 2 aromatic carbocycles. The number of pyridine rings is 1. The van der Waals surface area contributed by atoms with Crippen LogP contribution in [0.2, 0.25) is 5.02 Å². The van der Waals surface area contributed by atoms with Gasteiger partial charge in [-0.25, -0.2) is 4.98 Å². The van der Waals surface area contributed by atoms with Gasteiger partial charge < -0.3 is 15.0 Å². The zero-order valence-corrected chi connectivity index (χ0v) is 20.4. The Morgan fingerprint density at radius 1 is 1.06 bits per heavy atom. The van der Waals surface area contributed by atoms with Gasteiger partial charge in [-0.3, -0.25) is 0 Å². The second-order valence-corrected chi connectivity index (χ2v) is 10.6. The fraction of sp³-hybridized carbons (Fsp3) is 0.500. The minimum Gasteiger partial charge on any atom is -0.497 e. The van der Waals surface area contributed by atoms with E-state index in [2.05, 4.69) is 34.1 Å². The van der Waals surface area contributed by atoms with Gasteiger partial charge in [0.05, 0.1) is 23.8 Å². The highest BCUT2D eigenvalue weighted by molar-refractivity contribution is 7.99. The lowest BCUT2D eigenvalue weighted by atomic mass is 9.85. The second-order valence-electron chi connectivity index (χ2n) is 9.03. The number of thioether (sulfide) groups is 1. The molecular weight excluding hydrogens is 438 g/mol. The lowest BCUT2D eigenvalue weighted by Crippen LogP contribution is -2.48. The van der Waals surface area contributed by atoms with Gasteiger partial charge in [-0.05, 0) is 86.8 Å². The largest absolute Gasteiger partial charge is 0.497 e. The van der Waals surface area contributed by atoms with Gasteiger partial charge in [0.15, 0.2) is 0 Å². The molecular formula is C26H32ClN3OS. The molecule has 170 valence electrons. The van der Waals surface area contributed by atoms with Crippen molar-refractivity contribution in [1.29, 1.82) is 0 Å². The van der Waals surface area contributed by atoms with Gasteiger partial charge in [0.1, 0.15) is 5.75 Å². The molecule has 5 rings (SSSR count). The number of hydrogen-bond donors (Lipinski definition) is 1. The number of rotatable bonds is 7. The minimum absolute atomic E-state index is 0.712. The summed E-state index contributed by atoms with van der Waals surface area (Å²) in [6.07, 6.45) is 6.99. The molecule has 0 amide bonds. The second kappa shape index (κ2) is 10.1. The fourth-order valence-electron chi connectivity index (χ4n) is 5.47. The van der Waals surface area contributed by atoms with Gasteiger partial charge in [0, 0.05) is 34.1 Å². The van der Waals surface area contributed by atoms with Crippen LogP contribution in [0.1, 0.15) is 32.1 Å². The molecule has 1 aromatic heterocycles. The SMILES string of the molecule is COc1ccc2nc3cc(Cl)ccc3c(NCCSC[C@H]3CCCN4CCCC[C@H]34)c2c1. The van der Waals surface area contributed by atoms with Crippen LogP contribution in [-0.2, 0) is 0 Å². The first-order chi connectivity index (χ1) is 15.7. The lowest BCUT2D eigenvalue weighted by Gasteiger charge is -2.44. The molecule has 0 radical (unpaired) electrons. The van der Waals surface area contributed by atoms with Crippen LogP contribution in [0.5, 0.6) is 5.75 Å². The Hall–Kier alpha value is -1.69. The Labute approximate surface area is 200 Å². The summed E-state index contributed by atoms with van der Waals surface area (Å²) >= 11 is 8.36. The van der Waals surface area contributed by atoms with Crippen LogP contribution in [-0.4, -0.2) is 54.2 Å². The molecule has 3 aromatic rings. The lowest BCUT2D eigenvalue weighted by molar-refractivity contribution is 0.0693. The molecule has 0 bridgehead atoms. The van der Waals surface area contributed by atoms with E-state index >= 15 is 0 Å². The normalized spacial score (nSPS) is 21.6. The third-order valence-electron chi connectivity index (χ3n) is 7.05. The number of halogens is 1. The third-order valence-corrected chi connectivity index (χ3v) is 8.44. The van der Waals surface area contributed by atoms with Gasteiger partial charge in [-0.1, -0.05) is 18.0 Å². The van der Waals surface area contributed by atoms with Crippen molar-refractivity contribution in [3.8, 4) is 5.75 Å².